The summed E-state index contributed by atoms with van der Waals surface area (Å²) in [5, 5.41) is 12.5. The molecule has 1 amide bonds. The van der Waals surface area contributed by atoms with Crippen LogP contribution in [0, 0.1) is 0 Å². The minimum absolute atomic E-state index is 0.239. The van der Waals surface area contributed by atoms with Crippen LogP contribution >= 0.6 is 11.3 Å². The van der Waals surface area contributed by atoms with Gasteiger partial charge in [0.25, 0.3) is 0 Å². The average molecular weight is 311 g/mol. The van der Waals surface area contributed by atoms with Crippen LogP contribution in [0.2, 0.25) is 0 Å². The number of fused-ring (bicyclic) bond motifs is 1. The van der Waals surface area contributed by atoms with Crippen molar-refractivity contribution in [1.82, 2.24) is 0 Å². The van der Waals surface area contributed by atoms with E-state index in [2.05, 4.69) is 5.32 Å². The molecule has 0 aromatic carbocycles. The van der Waals surface area contributed by atoms with Crippen LogP contribution < -0.4 is 5.32 Å². The summed E-state index contributed by atoms with van der Waals surface area (Å²) in [7, 11) is 0. The van der Waals surface area contributed by atoms with E-state index in [0.717, 1.165) is 42.5 Å². The van der Waals surface area contributed by atoms with Gasteiger partial charge in [0, 0.05) is 4.88 Å². The molecule has 0 radical (unpaired) electrons. The van der Waals surface area contributed by atoms with Gasteiger partial charge >= 0.3 is 12.1 Å². The number of carbonyl (C=O) groups is 2. The maximum atomic E-state index is 11.9. The highest BCUT2D eigenvalue weighted by molar-refractivity contribution is 7.17. The number of rotatable bonds is 2. The van der Waals surface area contributed by atoms with Crippen molar-refractivity contribution in [1.29, 1.82) is 0 Å². The van der Waals surface area contributed by atoms with E-state index in [9.17, 15) is 14.7 Å². The second kappa shape index (κ2) is 6.05. The van der Waals surface area contributed by atoms with Gasteiger partial charge in [-0.2, -0.15) is 0 Å². The Morgan fingerprint density at radius 3 is 2.48 bits per heavy atom. The van der Waals surface area contributed by atoms with Gasteiger partial charge in [0.05, 0.1) is 5.56 Å². The Kier molecular flexibility index (Phi) is 4.56. The van der Waals surface area contributed by atoms with Crippen LogP contribution in [0.4, 0.5) is 9.80 Å². The lowest BCUT2D eigenvalue weighted by Crippen LogP contribution is -2.27. The van der Waals surface area contributed by atoms with E-state index < -0.39 is 17.7 Å². The van der Waals surface area contributed by atoms with E-state index in [1.165, 1.54) is 11.3 Å². The van der Waals surface area contributed by atoms with Crippen molar-refractivity contribution in [2.24, 2.45) is 0 Å². The van der Waals surface area contributed by atoms with Gasteiger partial charge in [-0.1, -0.05) is 6.42 Å². The van der Waals surface area contributed by atoms with Crippen LogP contribution in [0.3, 0.4) is 0 Å². The van der Waals surface area contributed by atoms with Crippen LogP contribution in [-0.4, -0.2) is 22.8 Å². The summed E-state index contributed by atoms with van der Waals surface area (Å²) in [4.78, 5) is 24.5. The molecule has 1 heterocycles. The molecular formula is C15H21NO4S. The highest BCUT2D eigenvalue weighted by atomic mass is 32.1. The first-order chi connectivity index (χ1) is 9.78. The Morgan fingerprint density at radius 2 is 1.86 bits per heavy atom. The number of aromatic carboxylic acids is 1. The van der Waals surface area contributed by atoms with Gasteiger partial charge < -0.3 is 9.84 Å². The molecule has 21 heavy (non-hydrogen) atoms. The summed E-state index contributed by atoms with van der Waals surface area (Å²) in [6.45, 7) is 5.32. The number of amides is 1. The normalized spacial score (nSPS) is 15.0. The summed E-state index contributed by atoms with van der Waals surface area (Å²) < 4.78 is 5.20. The molecule has 0 aliphatic heterocycles. The topological polar surface area (TPSA) is 75.6 Å². The zero-order chi connectivity index (χ0) is 15.6. The van der Waals surface area contributed by atoms with E-state index in [1.54, 1.807) is 20.8 Å². The van der Waals surface area contributed by atoms with Crippen molar-refractivity contribution in [2.45, 2.75) is 58.5 Å². The van der Waals surface area contributed by atoms with E-state index in [4.69, 9.17) is 4.74 Å². The maximum absolute atomic E-state index is 11.9. The highest BCUT2D eigenvalue weighted by Crippen LogP contribution is 2.37. The molecule has 0 saturated carbocycles. The summed E-state index contributed by atoms with van der Waals surface area (Å²) in [5.74, 6) is -0.986. The lowest BCUT2D eigenvalue weighted by molar-refractivity contribution is 0.0636. The van der Waals surface area contributed by atoms with E-state index in [1.807, 2.05) is 0 Å². The predicted octanol–water partition coefficient (Wildman–Crippen LogP) is 4.06. The molecule has 5 nitrogen and oxygen atoms in total. The monoisotopic (exact) mass is 311 g/mol. The van der Waals surface area contributed by atoms with Crippen molar-refractivity contribution < 1.29 is 19.4 Å². The zero-order valence-corrected chi connectivity index (χ0v) is 13.4. The standard InChI is InChI=1S/C15H21NO4S/c1-15(2,3)20-14(19)16-12-11(13(17)18)9-7-5-4-6-8-10(9)21-12/h4-8H2,1-3H3,(H,16,19)(H,17,18). The number of carboxylic acid groups (broad SMARTS) is 1. The Hall–Kier alpha value is -1.56. The molecule has 0 atom stereocenters. The third kappa shape index (κ3) is 3.97. The smallest absolute Gasteiger partial charge is 0.412 e. The number of ether oxygens (including phenoxy) is 1. The lowest BCUT2D eigenvalue weighted by Gasteiger charge is -2.19. The SMILES string of the molecule is CC(C)(C)OC(=O)Nc1sc2c(c1C(=O)O)CCCCC2. The van der Waals surface area contributed by atoms with Gasteiger partial charge in [-0.15, -0.1) is 11.3 Å². The van der Waals surface area contributed by atoms with Gasteiger partial charge in [-0.05, 0) is 52.0 Å². The second-order valence-electron chi connectivity index (χ2n) is 6.20. The maximum Gasteiger partial charge on any atom is 0.412 e. The van der Waals surface area contributed by atoms with Crippen LogP contribution in [0.5, 0.6) is 0 Å². The van der Waals surface area contributed by atoms with Crippen molar-refractivity contribution in [3.8, 4) is 0 Å². The van der Waals surface area contributed by atoms with Gasteiger partial charge in [-0.25, -0.2) is 9.59 Å². The Morgan fingerprint density at radius 1 is 1.19 bits per heavy atom. The Labute approximate surface area is 128 Å². The molecule has 1 aliphatic rings. The Bertz CT molecular complexity index is 557. The molecular weight excluding hydrogens is 290 g/mol. The largest absolute Gasteiger partial charge is 0.478 e. The van der Waals surface area contributed by atoms with Crippen molar-refractivity contribution in [2.75, 3.05) is 5.32 Å². The van der Waals surface area contributed by atoms with E-state index in [-0.39, 0.29) is 5.56 Å². The summed E-state index contributed by atoms with van der Waals surface area (Å²) in [6, 6.07) is 0. The fraction of sp³-hybridized carbons (Fsp3) is 0.600. The second-order valence-corrected chi connectivity index (χ2v) is 7.31. The first-order valence-corrected chi connectivity index (χ1v) is 7.97. The number of aryl methyl sites for hydroxylation is 1. The number of nitrogens with one attached hydrogen (secondary N) is 1. The number of thiophene rings is 1. The molecule has 6 heteroatoms. The van der Waals surface area contributed by atoms with Gasteiger partial charge in [-0.3, -0.25) is 5.32 Å². The summed E-state index contributed by atoms with van der Waals surface area (Å²) >= 11 is 1.37. The molecule has 2 N–H and O–H groups in total. The number of hydrogen-bond acceptors (Lipinski definition) is 4. The summed E-state index contributed by atoms with van der Waals surface area (Å²) in [5.41, 5.74) is 0.515. The first kappa shape index (κ1) is 15.8. The molecule has 2 rings (SSSR count). The number of carbonyl (C=O) groups excluding carboxylic acids is 1. The van der Waals surface area contributed by atoms with Gasteiger partial charge in [0.1, 0.15) is 10.6 Å². The molecule has 1 aromatic heterocycles. The fourth-order valence-electron chi connectivity index (χ4n) is 2.45. The third-order valence-corrected chi connectivity index (χ3v) is 4.46. The molecule has 1 aliphatic carbocycles. The van der Waals surface area contributed by atoms with E-state index >= 15 is 0 Å². The van der Waals surface area contributed by atoms with Crippen LogP contribution in [0.1, 0.15) is 60.8 Å². The molecule has 116 valence electrons. The van der Waals surface area contributed by atoms with Crippen molar-refractivity contribution >= 4 is 28.4 Å². The minimum Gasteiger partial charge on any atom is -0.478 e. The first-order valence-electron chi connectivity index (χ1n) is 7.16. The molecule has 0 saturated heterocycles. The lowest BCUT2D eigenvalue weighted by atomic mass is 10.1. The molecule has 0 spiro atoms. The van der Waals surface area contributed by atoms with Crippen LogP contribution in [0.25, 0.3) is 0 Å². The van der Waals surface area contributed by atoms with Gasteiger partial charge in [0.15, 0.2) is 0 Å². The van der Waals surface area contributed by atoms with Crippen molar-refractivity contribution in [3.05, 3.63) is 16.0 Å². The van der Waals surface area contributed by atoms with Crippen LogP contribution in [-0.2, 0) is 17.6 Å². The molecule has 0 bridgehead atoms. The van der Waals surface area contributed by atoms with Crippen molar-refractivity contribution in [3.63, 3.8) is 0 Å². The average Bonchev–Trinajstić information content (AvgIpc) is 2.50. The number of carboxylic acids is 1. The molecule has 1 aromatic rings. The Balaban J connectivity index is 2.27. The number of anilines is 1. The number of hydrogen-bond donors (Lipinski definition) is 2. The fourth-order valence-corrected chi connectivity index (χ4v) is 3.72. The minimum atomic E-state index is -0.986. The molecule has 0 unspecified atom stereocenters. The van der Waals surface area contributed by atoms with Gasteiger partial charge in [0.2, 0.25) is 0 Å². The van der Waals surface area contributed by atoms with E-state index in [0.29, 0.717) is 5.00 Å². The quantitative estimate of drug-likeness (QED) is 0.807. The van der Waals surface area contributed by atoms with Crippen LogP contribution in [0.15, 0.2) is 0 Å². The zero-order valence-electron chi connectivity index (χ0n) is 12.6. The summed E-state index contributed by atoms with van der Waals surface area (Å²) in [6.07, 6.45) is 4.23. The molecule has 0 fully saturated rings. The predicted molar refractivity (Wildman–Crippen MR) is 82.4 cm³/mol. The third-order valence-electron chi connectivity index (χ3n) is 3.25. The highest BCUT2D eigenvalue weighted by Gasteiger charge is 2.26.